The molecule has 0 radical (unpaired) electrons. The van der Waals surface area contributed by atoms with Gasteiger partial charge in [0.05, 0.1) is 101 Å². The average molecular weight is 1650 g/mol. The Morgan fingerprint density at radius 3 is 1.57 bits per heavy atom. The van der Waals surface area contributed by atoms with E-state index in [0.717, 1.165) is 104 Å². The summed E-state index contributed by atoms with van der Waals surface area (Å²) in [5.74, 6) is 1.52. The van der Waals surface area contributed by atoms with Crippen molar-refractivity contribution in [1.82, 2.24) is 25.3 Å². The number of hydrogen-bond acceptors (Lipinski definition) is 20. The largest absolute Gasteiger partial charge is 0.508 e. The summed E-state index contributed by atoms with van der Waals surface area (Å²) < 4.78 is 52.2. The van der Waals surface area contributed by atoms with Gasteiger partial charge >= 0.3 is 7.60 Å². The number of phenols is 1. The van der Waals surface area contributed by atoms with Crippen molar-refractivity contribution in [2.24, 2.45) is 44.8 Å². The standard InChI is InChI=1S/C17H33NO2.C17H31NO2.C16H25NO2.C15H29NO2.C14H32NO4P.C14H29NO3/c1-14(2,3)18-11-16(9-10-20-15(4,5)6)7-8-17(16,12-18)13-19;1-14(2)20-13-17-9-7-6-8-16(17,12-19)10-18(11-17)15(3,4)5;1-11(2)19-10-13-8-12-9-14(18)6-7-15(12)17(13)16(3,4)5;1-10(2)18-9-12-11(8-17)13-6-7-14(12)16(13)15(3,4)5;1-13(2)7-6-10-18-20(17,19-11-9-16)12-8-15-14(3,4)5;1-13(2,3)8-7-9-15-12(17)11(16)10-18-14(4,5)6/h19H,7-13H2,1-6H3;6-7,14,19H,8-13H2,1-5H3;6-7,9,11,13,18H,8,10H2,1-5H3;10-14,17H,6-9H2,1-5H3;13,15-16H,6-12H2,1-5H3;11,16H,7-10H2,1-6H3,(H,15,17). The third-order valence-electron chi connectivity index (χ3n) is 23.9. The maximum absolute atomic E-state index is 12.5. The molecule has 2 bridgehead atoms. The Kier molecular flexibility index (Phi) is 42.1. The number of nitrogens with one attached hydrogen (secondary N) is 2. The van der Waals surface area contributed by atoms with Crippen molar-refractivity contribution in [2.45, 2.75) is 380 Å². The third kappa shape index (κ3) is 34.7. The number of rotatable bonds is 32. The Balaban J connectivity index is 0.000000357. The summed E-state index contributed by atoms with van der Waals surface area (Å²) in [6.45, 7) is 78.3. The monoisotopic (exact) mass is 1650 g/mol. The normalized spacial score (nSPS) is 26.0. The lowest BCUT2D eigenvalue weighted by Gasteiger charge is -2.54. The van der Waals surface area contributed by atoms with E-state index in [-0.39, 0.29) is 117 Å². The van der Waals surface area contributed by atoms with Crippen molar-refractivity contribution >= 4 is 19.2 Å². The molecule has 21 nitrogen and oxygen atoms in total. The van der Waals surface area contributed by atoms with Crippen LogP contribution in [0.25, 0.3) is 0 Å². The van der Waals surface area contributed by atoms with Gasteiger partial charge in [-0.15, -0.1) is 0 Å². The van der Waals surface area contributed by atoms with Crippen molar-refractivity contribution in [3.05, 3.63) is 35.9 Å². The van der Waals surface area contributed by atoms with E-state index in [4.69, 9.17) is 37.8 Å². The highest BCUT2D eigenvalue weighted by atomic mass is 31.2. The minimum Gasteiger partial charge on any atom is -0.508 e. The third-order valence-corrected chi connectivity index (χ3v) is 25.8. The molecule has 1 amide bonds. The van der Waals surface area contributed by atoms with Crippen LogP contribution in [-0.2, 0) is 48.5 Å². The summed E-state index contributed by atoms with van der Waals surface area (Å²) in [5.41, 5.74) is 3.30. The second kappa shape index (κ2) is 45.3. The minimum absolute atomic E-state index is 0.0283. The average Bonchev–Trinajstić information content (AvgIpc) is 1.56. The zero-order valence-electron chi connectivity index (χ0n) is 79.5. The number of phenolic OH excluding ortho intramolecular Hbond substituents is 1. The Morgan fingerprint density at radius 1 is 0.591 bits per heavy atom. The molecule has 5 aliphatic heterocycles. The SMILES string of the molecule is CC(C)(C)CCCNC(=O)C(O)COC(C)(C)C.CC(C)(C)OCCC12CCC1(CO)CN(C(C)(C)C)C2.CC(C)CCCOP(=O)(CCNC(C)(C)C)OCCO.CC(C)OCC12CC=CCC1(CO)CN(C(C)(C)C)C2.CC(C)OCC1C(CO)C2CCC1N2C(C)(C)C.CC(C)OCC1Cc2cc(O)ccc2N1C(C)(C)C. The van der Waals surface area contributed by atoms with Crippen LogP contribution in [0.5, 0.6) is 5.75 Å². The number of aliphatic hydroxyl groups is 5. The lowest BCUT2D eigenvalue weighted by atomic mass is 9.50. The van der Waals surface area contributed by atoms with Gasteiger partial charge in [-0.05, 0) is 305 Å². The highest BCUT2D eigenvalue weighted by molar-refractivity contribution is 7.53. The van der Waals surface area contributed by atoms with E-state index in [1.807, 2.05) is 32.9 Å². The zero-order chi connectivity index (χ0) is 88.0. The molecule has 0 aromatic heterocycles. The highest BCUT2D eigenvalue weighted by Gasteiger charge is 2.65. The quantitative estimate of drug-likeness (QED) is 0.0189. The molecule has 4 saturated heterocycles. The Bertz CT molecular complexity index is 3020. The number of amides is 1. The second-order valence-corrected chi connectivity index (χ2v) is 46.2. The molecule has 8 rings (SSSR count). The zero-order valence-corrected chi connectivity index (χ0v) is 80.4. The van der Waals surface area contributed by atoms with Crippen LogP contribution in [0.15, 0.2) is 30.4 Å². The van der Waals surface area contributed by atoms with E-state index in [9.17, 15) is 34.9 Å². The van der Waals surface area contributed by atoms with Crippen LogP contribution in [0.2, 0.25) is 0 Å². The van der Waals surface area contributed by atoms with Gasteiger partial charge in [0.1, 0.15) is 5.75 Å². The molecule has 11 unspecified atom stereocenters. The molecule has 1 saturated carbocycles. The van der Waals surface area contributed by atoms with Gasteiger partial charge in [-0.2, -0.15) is 0 Å². The topological polar surface area (TPSA) is 257 Å². The fraction of sp³-hybridized carbons (Fsp3) is 0.903. The molecule has 8 N–H and O–H groups in total. The molecule has 0 spiro atoms. The van der Waals surface area contributed by atoms with E-state index < -0.39 is 13.7 Å². The van der Waals surface area contributed by atoms with Crippen molar-refractivity contribution in [3.8, 4) is 5.75 Å². The van der Waals surface area contributed by atoms with Crippen molar-refractivity contribution < 1.29 is 72.7 Å². The van der Waals surface area contributed by atoms with Crippen LogP contribution in [-0.4, -0.2) is 251 Å². The van der Waals surface area contributed by atoms with Gasteiger partial charge < -0.3 is 78.9 Å². The van der Waals surface area contributed by atoms with E-state index in [1.54, 1.807) is 6.07 Å². The summed E-state index contributed by atoms with van der Waals surface area (Å²) in [5, 5.41) is 63.9. The van der Waals surface area contributed by atoms with E-state index in [1.165, 1.54) is 36.9 Å². The number of carbonyl (C=O) groups is 1. The fourth-order valence-corrected chi connectivity index (χ4v) is 18.9. The predicted molar refractivity (Wildman–Crippen MR) is 475 cm³/mol. The number of anilines is 1. The number of carbonyl (C=O) groups excluding carboxylic acids is 1. The number of nitrogens with zero attached hydrogens (tertiary/aromatic N) is 4. The lowest BCUT2D eigenvalue weighted by Crippen LogP contribution is -2.53. The molecule has 5 fully saturated rings. The summed E-state index contributed by atoms with van der Waals surface area (Å²) in [4.78, 5) is 21.7. The van der Waals surface area contributed by atoms with Gasteiger partial charge in [0.15, 0.2) is 6.10 Å². The Hall–Kier alpha value is -2.38. The molecular formula is C93H179N6O15P. The fourth-order valence-electron chi connectivity index (χ4n) is 17.4. The van der Waals surface area contributed by atoms with Crippen molar-refractivity contribution in [1.29, 1.82) is 0 Å². The van der Waals surface area contributed by atoms with E-state index in [2.05, 4.69) is 243 Å². The Labute approximate surface area is 703 Å². The Morgan fingerprint density at radius 2 is 1.10 bits per heavy atom. The van der Waals surface area contributed by atoms with E-state index >= 15 is 0 Å². The van der Waals surface area contributed by atoms with Crippen LogP contribution >= 0.6 is 7.60 Å². The number of allylic oxidation sites excluding steroid dienone is 2. The number of fused-ring (bicyclic) bond motifs is 5. The summed E-state index contributed by atoms with van der Waals surface area (Å²) in [6, 6.07) is 7.17. The number of benzene rings is 1. The number of hydrogen-bond donors (Lipinski definition) is 8. The van der Waals surface area contributed by atoms with Gasteiger partial charge in [0, 0.05) is 126 Å². The molecule has 1 aromatic rings. The molecule has 11 atom stereocenters. The van der Waals surface area contributed by atoms with Gasteiger partial charge in [-0.3, -0.25) is 24.1 Å². The lowest BCUT2D eigenvalue weighted by molar-refractivity contribution is -0.135. The maximum atomic E-state index is 12.5. The first-order valence-corrected chi connectivity index (χ1v) is 46.1. The first-order valence-electron chi connectivity index (χ1n) is 44.3. The number of aromatic hydroxyl groups is 1. The molecule has 7 aliphatic rings. The molecule has 22 heteroatoms. The molecule has 1 aromatic carbocycles. The van der Waals surface area contributed by atoms with Crippen molar-refractivity contribution in [2.75, 3.05) is 123 Å². The minimum atomic E-state index is -3.10. The van der Waals surface area contributed by atoms with Crippen LogP contribution in [0.1, 0.15) is 298 Å². The molecule has 5 heterocycles. The second-order valence-electron chi connectivity index (χ2n) is 44.0. The molecule has 676 valence electrons. The highest BCUT2D eigenvalue weighted by Crippen LogP contribution is 2.64. The number of aliphatic hydroxyl groups excluding tert-OH is 5. The van der Waals surface area contributed by atoms with Gasteiger partial charge in [0.25, 0.3) is 5.91 Å². The number of likely N-dealkylation sites (tertiary alicyclic amines) is 2. The van der Waals surface area contributed by atoms with Crippen LogP contribution < -0.4 is 15.5 Å². The number of ether oxygens (including phenoxy) is 5. The van der Waals surface area contributed by atoms with Crippen molar-refractivity contribution in [3.63, 3.8) is 0 Å². The van der Waals surface area contributed by atoms with E-state index in [0.29, 0.717) is 80.7 Å². The summed E-state index contributed by atoms with van der Waals surface area (Å²) >= 11 is 0. The smallest absolute Gasteiger partial charge is 0.332 e. The molecule has 2 aliphatic carbocycles. The first-order chi connectivity index (χ1) is 52.6. The summed E-state index contributed by atoms with van der Waals surface area (Å²) in [6.07, 6.45) is 17.4. The van der Waals surface area contributed by atoms with Crippen LogP contribution in [0.4, 0.5) is 5.69 Å². The van der Waals surface area contributed by atoms with Gasteiger partial charge in [-0.1, -0.05) is 46.8 Å². The van der Waals surface area contributed by atoms with Crippen LogP contribution in [0, 0.1) is 44.8 Å². The predicted octanol–water partition coefficient (Wildman–Crippen LogP) is 16.7. The molecule has 115 heavy (non-hydrogen) atoms. The van der Waals surface area contributed by atoms with Gasteiger partial charge in [-0.25, -0.2) is 0 Å². The van der Waals surface area contributed by atoms with Crippen LogP contribution in [0.3, 0.4) is 0 Å². The molecular weight excluding hydrogens is 1470 g/mol. The first kappa shape index (κ1) is 107. The van der Waals surface area contributed by atoms with Gasteiger partial charge in [0.2, 0.25) is 0 Å². The summed E-state index contributed by atoms with van der Waals surface area (Å²) in [7, 11) is -3.10. The maximum Gasteiger partial charge on any atom is 0.332 e.